The summed E-state index contributed by atoms with van der Waals surface area (Å²) in [5.74, 6) is -0.785. The summed E-state index contributed by atoms with van der Waals surface area (Å²) in [6, 6.07) is 29.1. The first-order chi connectivity index (χ1) is 17.1. The highest BCUT2D eigenvalue weighted by molar-refractivity contribution is 8.27. The van der Waals surface area contributed by atoms with Gasteiger partial charge in [-0.25, -0.2) is 4.39 Å². The number of thiocarbonyl (C=S) groups is 1. The number of halogens is 1. The monoisotopic (exact) mass is 494 g/mol. The van der Waals surface area contributed by atoms with Gasteiger partial charge in [0, 0.05) is 29.2 Å². The SMILES string of the molecule is O=C1/C(=C\c2cn(Cc3cccc4ccccc34)c3ccccc23)SC(=S)N1c1ccccc1F. The number of anilines is 1. The first-order valence-electron chi connectivity index (χ1n) is 11.2. The van der Waals surface area contributed by atoms with E-state index in [9.17, 15) is 9.18 Å². The molecule has 1 amide bonds. The number of carbonyl (C=O) groups excluding carboxylic acids is 1. The van der Waals surface area contributed by atoms with Gasteiger partial charge < -0.3 is 4.57 Å². The average Bonchev–Trinajstić information content (AvgIpc) is 3.36. The number of fused-ring (bicyclic) bond motifs is 2. The molecule has 1 aromatic heterocycles. The Morgan fingerprint density at radius 2 is 1.57 bits per heavy atom. The van der Waals surface area contributed by atoms with E-state index in [2.05, 4.69) is 59.3 Å². The number of thioether (sulfide) groups is 1. The van der Waals surface area contributed by atoms with Crippen molar-refractivity contribution in [3.05, 3.63) is 119 Å². The third-order valence-corrected chi connectivity index (χ3v) is 7.52. The molecule has 0 aliphatic carbocycles. The minimum atomic E-state index is -0.475. The van der Waals surface area contributed by atoms with E-state index >= 15 is 0 Å². The number of para-hydroxylation sites is 2. The van der Waals surface area contributed by atoms with Crippen LogP contribution in [0.2, 0.25) is 0 Å². The van der Waals surface area contributed by atoms with Gasteiger partial charge in [0.1, 0.15) is 5.82 Å². The van der Waals surface area contributed by atoms with E-state index in [4.69, 9.17) is 12.2 Å². The number of benzene rings is 4. The van der Waals surface area contributed by atoms with E-state index in [1.165, 1.54) is 39.1 Å². The molecule has 4 aromatic carbocycles. The normalized spacial score (nSPS) is 15.1. The first-order valence-corrected chi connectivity index (χ1v) is 12.4. The molecule has 0 spiro atoms. The van der Waals surface area contributed by atoms with E-state index in [0.29, 0.717) is 15.8 Å². The molecule has 0 atom stereocenters. The molecular formula is C29H19FN2OS2. The molecule has 1 aliphatic heterocycles. The van der Waals surface area contributed by atoms with Gasteiger partial charge in [0.2, 0.25) is 0 Å². The second-order valence-corrected chi connectivity index (χ2v) is 10.0. The van der Waals surface area contributed by atoms with Crippen LogP contribution in [-0.2, 0) is 11.3 Å². The fourth-order valence-corrected chi connectivity index (χ4v) is 5.86. The van der Waals surface area contributed by atoms with Crippen LogP contribution in [-0.4, -0.2) is 14.8 Å². The molecule has 1 saturated heterocycles. The summed E-state index contributed by atoms with van der Waals surface area (Å²) in [7, 11) is 0. The Balaban J connectivity index is 1.41. The molecule has 1 fully saturated rings. The summed E-state index contributed by atoms with van der Waals surface area (Å²) in [5, 5.41) is 3.47. The highest BCUT2D eigenvalue weighted by Gasteiger charge is 2.34. The summed E-state index contributed by atoms with van der Waals surface area (Å²) in [4.78, 5) is 15.0. The standard InChI is InChI=1S/C29H19FN2OS2/c30-24-13-4-6-15-26(24)32-28(33)27(35-29(32)34)16-21-18-31(25-14-5-3-12-23(21)25)17-20-10-7-9-19-8-1-2-11-22(19)20/h1-16,18H,17H2/b27-16+. The second-order valence-electron chi connectivity index (χ2n) is 8.34. The zero-order valence-corrected chi connectivity index (χ0v) is 20.2. The summed E-state index contributed by atoms with van der Waals surface area (Å²) in [6.07, 6.45) is 3.93. The minimum Gasteiger partial charge on any atom is -0.342 e. The van der Waals surface area contributed by atoms with Crippen molar-refractivity contribution in [1.82, 2.24) is 4.57 Å². The molecule has 0 bridgehead atoms. The predicted octanol–water partition coefficient (Wildman–Crippen LogP) is 7.39. The molecule has 2 heterocycles. The van der Waals surface area contributed by atoms with Gasteiger partial charge >= 0.3 is 0 Å². The lowest BCUT2D eigenvalue weighted by atomic mass is 10.0. The molecule has 170 valence electrons. The Morgan fingerprint density at radius 1 is 0.857 bits per heavy atom. The maximum atomic E-state index is 14.4. The number of hydrogen-bond acceptors (Lipinski definition) is 3. The summed E-state index contributed by atoms with van der Waals surface area (Å²) >= 11 is 6.64. The van der Waals surface area contributed by atoms with Gasteiger partial charge in [-0.3, -0.25) is 9.69 Å². The molecule has 1 aliphatic rings. The van der Waals surface area contributed by atoms with Gasteiger partial charge in [-0.15, -0.1) is 0 Å². The zero-order valence-electron chi connectivity index (χ0n) is 18.5. The van der Waals surface area contributed by atoms with E-state index in [0.717, 1.165) is 16.5 Å². The largest absolute Gasteiger partial charge is 0.342 e. The quantitative estimate of drug-likeness (QED) is 0.192. The van der Waals surface area contributed by atoms with E-state index in [-0.39, 0.29) is 11.6 Å². The summed E-state index contributed by atoms with van der Waals surface area (Å²) in [5.41, 5.74) is 3.41. The van der Waals surface area contributed by atoms with Crippen molar-refractivity contribution in [2.45, 2.75) is 6.54 Å². The average molecular weight is 495 g/mol. The smallest absolute Gasteiger partial charge is 0.270 e. The van der Waals surface area contributed by atoms with Crippen molar-refractivity contribution in [3.8, 4) is 0 Å². The van der Waals surface area contributed by atoms with Crippen molar-refractivity contribution >= 4 is 67.6 Å². The van der Waals surface area contributed by atoms with Crippen LogP contribution in [0.1, 0.15) is 11.1 Å². The third kappa shape index (κ3) is 3.85. The topological polar surface area (TPSA) is 25.2 Å². The molecule has 0 N–H and O–H groups in total. The minimum absolute atomic E-state index is 0.178. The number of aromatic nitrogens is 1. The van der Waals surface area contributed by atoms with Crippen LogP contribution in [0.3, 0.4) is 0 Å². The summed E-state index contributed by atoms with van der Waals surface area (Å²) in [6.45, 7) is 0.700. The first kappa shape index (κ1) is 21.8. The number of amides is 1. The van der Waals surface area contributed by atoms with E-state index in [1.54, 1.807) is 18.2 Å². The number of rotatable bonds is 4. The molecule has 0 radical (unpaired) electrons. The molecular weight excluding hydrogens is 475 g/mol. The number of hydrogen-bond donors (Lipinski definition) is 0. The fourth-order valence-electron chi connectivity index (χ4n) is 4.58. The van der Waals surface area contributed by atoms with Crippen molar-refractivity contribution in [2.75, 3.05) is 4.90 Å². The molecule has 0 unspecified atom stereocenters. The molecule has 5 aromatic rings. The van der Waals surface area contributed by atoms with Crippen LogP contribution in [0.5, 0.6) is 0 Å². The third-order valence-electron chi connectivity index (χ3n) is 6.21. The molecule has 3 nitrogen and oxygen atoms in total. The molecule has 6 rings (SSSR count). The Hall–Kier alpha value is -3.74. The summed E-state index contributed by atoms with van der Waals surface area (Å²) < 4.78 is 16.9. The number of carbonyl (C=O) groups is 1. The molecule has 0 saturated carbocycles. The van der Waals surface area contributed by atoms with Crippen LogP contribution in [0, 0.1) is 5.82 Å². The Kier molecular flexibility index (Phi) is 5.47. The predicted molar refractivity (Wildman–Crippen MR) is 147 cm³/mol. The Bertz CT molecular complexity index is 1670. The lowest BCUT2D eigenvalue weighted by Crippen LogP contribution is -2.28. The van der Waals surface area contributed by atoms with Crippen LogP contribution in [0.4, 0.5) is 10.1 Å². The van der Waals surface area contributed by atoms with Gasteiger partial charge in [0.05, 0.1) is 10.6 Å². The van der Waals surface area contributed by atoms with Crippen molar-refractivity contribution < 1.29 is 9.18 Å². The lowest BCUT2D eigenvalue weighted by Gasteiger charge is -2.14. The lowest BCUT2D eigenvalue weighted by molar-refractivity contribution is -0.113. The Labute approximate surface area is 211 Å². The van der Waals surface area contributed by atoms with Crippen LogP contribution in [0.15, 0.2) is 102 Å². The highest BCUT2D eigenvalue weighted by Crippen LogP contribution is 2.38. The van der Waals surface area contributed by atoms with Crippen molar-refractivity contribution in [2.24, 2.45) is 0 Å². The number of nitrogens with zero attached hydrogens (tertiary/aromatic N) is 2. The van der Waals surface area contributed by atoms with Gasteiger partial charge in [0.15, 0.2) is 4.32 Å². The zero-order chi connectivity index (χ0) is 23.9. The van der Waals surface area contributed by atoms with Gasteiger partial charge in [-0.2, -0.15) is 0 Å². The maximum absolute atomic E-state index is 14.4. The van der Waals surface area contributed by atoms with Gasteiger partial charge in [0.25, 0.3) is 5.91 Å². The second kappa shape index (κ2) is 8.80. The highest BCUT2D eigenvalue weighted by atomic mass is 32.2. The van der Waals surface area contributed by atoms with Crippen molar-refractivity contribution in [3.63, 3.8) is 0 Å². The van der Waals surface area contributed by atoms with Crippen LogP contribution >= 0.6 is 24.0 Å². The molecule has 35 heavy (non-hydrogen) atoms. The van der Waals surface area contributed by atoms with E-state index in [1.807, 2.05) is 24.3 Å². The van der Waals surface area contributed by atoms with Gasteiger partial charge in [-0.05, 0) is 40.6 Å². The Morgan fingerprint density at radius 3 is 2.43 bits per heavy atom. The van der Waals surface area contributed by atoms with Gasteiger partial charge in [-0.1, -0.05) is 96.8 Å². The molecule has 6 heteroatoms. The van der Waals surface area contributed by atoms with Crippen LogP contribution < -0.4 is 4.90 Å². The fraction of sp³-hybridized carbons (Fsp3) is 0.0345. The van der Waals surface area contributed by atoms with Crippen LogP contribution in [0.25, 0.3) is 27.8 Å². The van der Waals surface area contributed by atoms with Crippen molar-refractivity contribution in [1.29, 1.82) is 0 Å². The maximum Gasteiger partial charge on any atom is 0.270 e. The van der Waals surface area contributed by atoms with E-state index < -0.39 is 5.82 Å².